The Morgan fingerprint density at radius 3 is 2.09 bits per heavy atom. The molecule has 0 aliphatic carbocycles. The van der Waals surface area contributed by atoms with Crippen molar-refractivity contribution in [2.75, 3.05) is 0 Å². The highest BCUT2D eigenvalue weighted by atomic mass is 28.4. The molecule has 0 aromatic rings. The Morgan fingerprint density at radius 1 is 1.22 bits per heavy atom. The van der Waals surface area contributed by atoms with Gasteiger partial charge in [0.1, 0.15) is 12.2 Å². The first-order valence-electron chi connectivity index (χ1n) is 7.43. The Labute approximate surface area is 137 Å². The molecule has 0 bridgehead atoms. The van der Waals surface area contributed by atoms with E-state index in [2.05, 4.69) is 13.2 Å². The van der Waals surface area contributed by atoms with Gasteiger partial charge in [-0.3, -0.25) is 0 Å². The molecule has 7 heteroatoms. The number of hydrogen-bond donors (Lipinski definition) is 0. The lowest BCUT2D eigenvalue weighted by Gasteiger charge is -2.40. The lowest BCUT2D eigenvalue weighted by molar-refractivity contribution is -0.207. The van der Waals surface area contributed by atoms with E-state index in [0.717, 1.165) is 6.08 Å². The SMILES string of the molecule is C=CCC(CC(O[Si](C)(C)C(C)(C)C)C(F)(F)F)OC(=O)C=C. The van der Waals surface area contributed by atoms with Gasteiger partial charge in [0.25, 0.3) is 0 Å². The Hall–Kier alpha value is -1.08. The molecule has 0 spiro atoms. The summed E-state index contributed by atoms with van der Waals surface area (Å²) in [6, 6.07) is 0. The van der Waals surface area contributed by atoms with Crippen LogP contribution in [0.2, 0.25) is 18.1 Å². The Balaban J connectivity index is 5.28. The summed E-state index contributed by atoms with van der Waals surface area (Å²) in [4.78, 5) is 11.3. The summed E-state index contributed by atoms with van der Waals surface area (Å²) in [5.41, 5.74) is 0. The molecule has 2 atom stereocenters. The number of carbonyl (C=O) groups is 1. The molecule has 0 heterocycles. The number of alkyl halides is 3. The molecule has 0 fully saturated rings. The highest BCUT2D eigenvalue weighted by Gasteiger charge is 2.48. The minimum Gasteiger partial charge on any atom is -0.459 e. The molecule has 134 valence electrons. The summed E-state index contributed by atoms with van der Waals surface area (Å²) in [7, 11) is -2.62. The van der Waals surface area contributed by atoms with Crippen molar-refractivity contribution in [2.45, 2.75) is 70.1 Å². The zero-order chi connectivity index (χ0) is 18.5. The van der Waals surface area contributed by atoms with Crippen LogP contribution in [0.5, 0.6) is 0 Å². The number of ether oxygens (including phenoxy) is 1. The normalized spacial score (nSPS) is 15.7. The van der Waals surface area contributed by atoms with Crippen molar-refractivity contribution in [3.8, 4) is 0 Å². The van der Waals surface area contributed by atoms with Gasteiger partial charge < -0.3 is 9.16 Å². The highest BCUT2D eigenvalue weighted by Crippen LogP contribution is 2.40. The molecule has 0 rings (SSSR count). The lowest BCUT2D eigenvalue weighted by atomic mass is 10.1. The average Bonchev–Trinajstić information content (AvgIpc) is 2.35. The van der Waals surface area contributed by atoms with Gasteiger partial charge in [0, 0.05) is 18.9 Å². The summed E-state index contributed by atoms with van der Waals surface area (Å²) < 4.78 is 50.6. The predicted octanol–water partition coefficient (Wildman–Crippen LogP) is 5.00. The van der Waals surface area contributed by atoms with E-state index in [9.17, 15) is 18.0 Å². The van der Waals surface area contributed by atoms with E-state index in [1.54, 1.807) is 13.1 Å². The molecule has 0 aliphatic heterocycles. The van der Waals surface area contributed by atoms with Crippen molar-refractivity contribution in [3.63, 3.8) is 0 Å². The molecule has 23 heavy (non-hydrogen) atoms. The fourth-order valence-electron chi connectivity index (χ4n) is 1.61. The molecule has 0 saturated carbocycles. The van der Waals surface area contributed by atoms with Gasteiger partial charge >= 0.3 is 12.1 Å². The summed E-state index contributed by atoms with van der Waals surface area (Å²) in [5, 5.41) is -0.359. The van der Waals surface area contributed by atoms with E-state index >= 15 is 0 Å². The van der Waals surface area contributed by atoms with Gasteiger partial charge in [-0.05, 0) is 18.1 Å². The molecule has 0 aromatic heterocycles. The maximum absolute atomic E-state index is 13.4. The Morgan fingerprint density at radius 2 is 1.74 bits per heavy atom. The van der Waals surface area contributed by atoms with Crippen molar-refractivity contribution >= 4 is 14.3 Å². The van der Waals surface area contributed by atoms with Crippen LogP contribution >= 0.6 is 0 Å². The minimum atomic E-state index is -4.53. The zero-order valence-corrected chi connectivity index (χ0v) is 15.5. The first-order valence-corrected chi connectivity index (χ1v) is 10.3. The van der Waals surface area contributed by atoms with E-state index in [4.69, 9.17) is 9.16 Å². The summed E-state index contributed by atoms with van der Waals surface area (Å²) in [5.74, 6) is -0.759. The fourth-order valence-corrected chi connectivity index (χ4v) is 2.91. The molecule has 2 unspecified atom stereocenters. The maximum Gasteiger partial charge on any atom is 0.413 e. The summed E-state index contributed by atoms with van der Waals surface area (Å²) in [6.45, 7) is 15.8. The molecule has 0 aliphatic rings. The summed E-state index contributed by atoms with van der Waals surface area (Å²) >= 11 is 0. The monoisotopic (exact) mass is 352 g/mol. The van der Waals surface area contributed by atoms with Crippen molar-refractivity contribution < 1.29 is 27.1 Å². The third-order valence-corrected chi connectivity index (χ3v) is 8.45. The third kappa shape index (κ3) is 7.35. The van der Waals surface area contributed by atoms with Crippen LogP contribution in [0.3, 0.4) is 0 Å². The molecular weight excluding hydrogens is 325 g/mol. The van der Waals surface area contributed by atoms with Gasteiger partial charge in [0.2, 0.25) is 0 Å². The van der Waals surface area contributed by atoms with Crippen molar-refractivity contribution in [1.29, 1.82) is 0 Å². The van der Waals surface area contributed by atoms with Gasteiger partial charge in [0.15, 0.2) is 8.32 Å². The largest absolute Gasteiger partial charge is 0.459 e. The Bertz CT molecular complexity index is 425. The predicted molar refractivity (Wildman–Crippen MR) is 87.6 cm³/mol. The molecule has 0 saturated heterocycles. The zero-order valence-electron chi connectivity index (χ0n) is 14.5. The van der Waals surface area contributed by atoms with E-state index in [0.29, 0.717) is 0 Å². The van der Waals surface area contributed by atoms with Crippen LogP contribution in [0.25, 0.3) is 0 Å². The van der Waals surface area contributed by atoms with Crippen molar-refractivity contribution in [2.24, 2.45) is 0 Å². The number of halogens is 3. The van der Waals surface area contributed by atoms with Crippen LogP contribution in [-0.4, -0.2) is 32.7 Å². The highest BCUT2D eigenvalue weighted by molar-refractivity contribution is 6.74. The lowest BCUT2D eigenvalue weighted by Crippen LogP contribution is -2.49. The van der Waals surface area contributed by atoms with Crippen LogP contribution in [0.4, 0.5) is 13.2 Å². The van der Waals surface area contributed by atoms with Gasteiger partial charge in [-0.15, -0.1) is 6.58 Å². The smallest absolute Gasteiger partial charge is 0.413 e. The second-order valence-corrected chi connectivity index (χ2v) is 11.7. The van der Waals surface area contributed by atoms with E-state index in [1.807, 2.05) is 20.8 Å². The molecule has 3 nitrogen and oxygen atoms in total. The van der Waals surface area contributed by atoms with E-state index in [-0.39, 0.29) is 11.5 Å². The van der Waals surface area contributed by atoms with Crippen LogP contribution in [0, 0.1) is 0 Å². The second-order valence-electron chi connectivity index (χ2n) is 6.93. The summed E-state index contributed by atoms with van der Waals surface area (Å²) in [6.07, 6.45) is -5.46. The van der Waals surface area contributed by atoms with Crippen LogP contribution in [-0.2, 0) is 14.0 Å². The molecular formula is C16H27F3O3Si. The second kappa shape index (κ2) is 8.15. The third-order valence-electron chi connectivity index (χ3n) is 3.96. The Kier molecular flexibility index (Phi) is 7.76. The van der Waals surface area contributed by atoms with Crippen LogP contribution in [0.1, 0.15) is 33.6 Å². The fraction of sp³-hybridized carbons (Fsp3) is 0.688. The topological polar surface area (TPSA) is 35.5 Å². The molecule has 0 radical (unpaired) electrons. The molecule has 0 N–H and O–H groups in total. The first kappa shape index (κ1) is 21.9. The average molecular weight is 352 g/mol. The number of esters is 1. The van der Waals surface area contributed by atoms with Gasteiger partial charge in [0.05, 0.1) is 0 Å². The number of carbonyl (C=O) groups excluding carboxylic acids is 1. The van der Waals surface area contributed by atoms with Gasteiger partial charge in [-0.2, -0.15) is 13.2 Å². The van der Waals surface area contributed by atoms with E-state index < -0.39 is 39.1 Å². The van der Waals surface area contributed by atoms with E-state index in [1.165, 1.54) is 6.08 Å². The van der Waals surface area contributed by atoms with Gasteiger partial charge in [-0.25, -0.2) is 4.79 Å². The maximum atomic E-state index is 13.4. The standard InChI is InChI=1S/C16H27F3O3Si/c1-8-10-12(21-14(20)9-2)11-13(16(17,18)19)22-23(6,7)15(3,4)5/h8-9,12-13H,1-2,10-11H2,3-7H3. The molecule has 0 amide bonds. The van der Waals surface area contributed by atoms with Crippen LogP contribution in [0.15, 0.2) is 25.3 Å². The number of rotatable bonds is 8. The van der Waals surface area contributed by atoms with Crippen molar-refractivity contribution in [3.05, 3.63) is 25.3 Å². The van der Waals surface area contributed by atoms with Crippen molar-refractivity contribution in [1.82, 2.24) is 0 Å². The number of hydrogen-bond acceptors (Lipinski definition) is 3. The van der Waals surface area contributed by atoms with Crippen LogP contribution < -0.4 is 0 Å². The minimum absolute atomic E-state index is 0.118. The van der Waals surface area contributed by atoms with Gasteiger partial charge in [-0.1, -0.05) is 33.4 Å². The quantitative estimate of drug-likeness (QED) is 0.267. The molecule has 0 aromatic carbocycles. The first-order chi connectivity index (χ1) is 10.2.